The van der Waals surface area contributed by atoms with Gasteiger partial charge in [0.05, 0.1) is 46.6 Å². The number of hydrogen-bond donors (Lipinski definition) is 0. The Morgan fingerprint density at radius 2 is 1.83 bits per heavy atom. The highest BCUT2D eigenvalue weighted by molar-refractivity contribution is 7.07. The van der Waals surface area contributed by atoms with Gasteiger partial charge >= 0.3 is 5.97 Å². The van der Waals surface area contributed by atoms with Crippen LogP contribution in [-0.4, -0.2) is 35.3 Å². The van der Waals surface area contributed by atoms with E-state index in [0.29, 0.717) is 48.4 Å². The molecule has 4 aromatic rings. The molecule has 0 radical (unpaired) electrons. The van der Waals surface area contributed by atoms with Gasteiger partial charge in [-0.05, 0) is 87.4 Å². The Bertz CT molecular complexity index is 2050. The number of nitrogens with zero attached hydrogens (tertiary/aromatic N) is 3. The zero-order valence-electron chi connectivity index (χ0n) is 26.3. The first kappa shape index (κ1) is 33.4. The number of esters is 1. The standard InChI is InChI=1S/C34H32ClN3O8S/c1-6-44-33(40)30-20(4)36-34-37(31(30)22-9-13-27(46-19(2)3)28(16-22)43-5)32(39)29(47-34)17-23-15-24(35)10-14-26(23)45-18-21-7-11-25(12-8-21)38(41)42/h7-17,19,31H,6,18H2,1-5H3/b29-17+/t31-/m1/s1. The van der Waals surface area contributed by atoms with Gasteiger partial charge in [-0.1, -0.05) is 29.0 Å². The lowest BCUT2D eigenvalue weighted by Crippen LogP contribution is -2.40. The molecule has 3 aromatic carbocycles. The van der Waals surface area contributed by atoms with Crippen molar-refractivity contribution in [3.05, 3.63) is 123 Å². The molecule has 0 amide bonds. The van der Waals surface area contributed by atoms with Gasteiger partial charge < -0.3 is 18.9 Å². The number of carbonyl (C=O) groups excluding carboxylic acids is 1. The Morgan fingerprint density at radius 1 is 1.11 bits per heavy atom. The Kier molecular flexibility index (Phi) is 10.1. The molecule has 0 saturated carbocycles. The van der Waals surface area contributed by atoms with Crippen LogP contribution >= 0.6 is 22.9 Å². The summed E-state index contributed by atoms with van der Waals surface area (Å²) in [5, 5.41) is 11.4. The number of methoxy groups -OCH3 is 1. The van der Waals surface area contributed by atoms with Crippen molar-refractivity contribution in [2.45, 2.75) is 46.4 Å². The van der Waals surface area contributed by atoms with Crippen molar-refractivity contribution < 1.29 is 28.7 Å². The Morgan fingerprint density at radius 3 is 2.49 bits per heavy atom. The van der Waals surface area contributed by atoms with E-state index in [4.69, 9.17) is 30.5 Å². The lowest BCUT2D eigenvalue weighted by atomic mass is 9.95. The van der Waals surface area contributed by atoms with E-state index in [1.54, 1.807) is 68.5 Å². The Balaban J connectivity index is 1.60. The van der Waals surface area contributed by atoms with Crippen LogP contribution in [0, 0.1) is 10.1 Å². The van der Waals surface area contributed by atoms with Crippen LogP contribution in [0.5, 0.6) is 17.2 Å². The number of nitro groups is 1. The van der Waals surface area contributed by atoms with Crippen LogP contribution in [0.2, 0.25) is 5.02 Å². The molecule has 0 N–H and O–H groups in total. The Hall–Kier alpha value is -4.94. The fourth-order valence-electron chi connectivity index (χ4n) is 5.09. The molecule has 1 aromatic heterocycles. The maximum atomic E-state index is 14.2. The molecular formula is C34H32ClN3O8S. The quantitative estimate of drug-likeness (QED) is 0.112. The van der Waals surface area contributed by atoms with Gasteiger partial charge in [0.15, 0.2) is 16.3 Å². The molecule has 0 unspecified atom stereocenters. The molecule has 13 heteroatoms. The van der Waals surface area contributed by atoms with Crippen molar-refractivity contribution >= 4 is 40.7 Å². The molecule has 1 aliphatic heterocycles. The maximum absolute atomic E-state index is 14.2. The predicted molar refractivity (Wildman–Crippen MR) is 178 cm³/mol. The zero-order valence-corrected chi connectivity index (χ0v) is 27.9. The lowest BCUT2D eigenvalue weighted by Gasteiger charge is -2.25. The number of rotatable bonds is 11. The van der Waals surface area contributed by atoms with Gasteiger partial charge in [-0.2, -0.15) is 0 Å². The molecule has 0 saturated heterocycles. The molecular weight excluding hydrogens is 646 g/mol. The molecule has 2 heterocycles. The summed E-state index contributed by atoms with van der Waals surface area (Å²) >= 11 is 7.51. The van der Waals surface area contributed by atoms with Crippen molar-refractivity contribution in [3.63, 3.8) is 0 Å². The predicted octanol–water partition coefficient (Wildman–Crippen LogP) is 5.73. The number of hydrogen-bond acceptors (Lipinski definition) is 10. The average molecular weight is 678 g/mol. The number of allylic oxidation sites excluding steroid dienone is 1. The van der Waals surface area contributed by atoms with Gasteiger partial charge in [-0.3, -0.25) is 19.5 Å². The van der Waals surface area contributed by atoms with E-state index in [1.165, 1.54) is 23.8 Å². The number of carbonyl (C=O) groups is 1. The fourth-order valence-corrected chi connectivity index (χ4v) is 6.31. The minimum Gasteiger partial charge on any atom is -0.493 e. The van der Waals surface area contributed by atoms with Gasteiger partial charge in [0, 0.05) is 22.7 Å². The second kappa shape index (κ2) is 14.2. The molecule has 0 bridgehead atoms. The van der Waals surface area contributed by atoms with Gasteiger partial charge in [0.2, 0.25) is 0 Å². The fraction of sp³-hybridized carbons (Fsp3) is 0.265. The summed E-state index contributed by atoms with van der Waals surface area (Å²) in [6.07, 6.45) is 1.57. The number of thiazole rings is 1. The minimum absolute atomic E-state index is 0.0192. The number of ether oxygens (including phenoxy) is 4. The van der Waals surface area contributed by atoms with Gasteiger partial charge in [0.25, 0.3) is 11.2 Å². The summed E-state index contributed by atoms with van der Waals surface area (Å²) in [7, 11) is 1.53. The van der Waals surface area contributed by atoms with Crippen LogP contribution < -0.4 is 29.1 Å². The molecule has 244 valence electrons. The van der Waals surface area contributed by atoms with E-state index in [2.05, 4.69) is 4.99 Å². The van der Waals surface area contributed by atoms with Crippen LogP contribution in [0.15, 0.2) is 81.7 Å². The number of nitro benzene ring substituents is 1. The van der Waals surface area contributed by atoms with E-state index in [1.807, 2.05) is 13.8 Å². The topological polar surface area (TPSA) is 131 Å². The smallest absolute Gasteiger partial charge is 0.338 e. The number of benzene rings is 3. The van der Waals surface area contributed by atoms with Crippen LogP contribution in [0.1, 0.15) is 50.4 Å². The molecule has 1 atom stereocenters. The molecule has 11 nitrogen and oxygen atoms in total. The van der Waals surface area contributed by atoms with E-state index in [0.717, 1.165) is 16.9 Å². The largest absolute Gasteiger partial charge is 0.493 e. The molecule has 1 aliphatic rings. The normalized spacial score (nSPS) is 14.4. The molecule has 0 fully saturated rings. The van der Waals surface area contributed by atoms with Gasteiger partial charge in [0.1, 0.15) is 12.4 Å². The molecule has 0 aliphatic carbocycles. The van der Waals surface area contributed by atoms with Crippen LogP contribution in [0.3, 0.4) is 0 Å². The highest BCUT2D eigenvalue weighted by Gasteiger charge is 2.34. The van der Waals surface area contributed by atoms with Crippen molar-refractivity contribution in [2.75, 3.05) is 13.7 Å². The summed E-state index contributed by atoms with van der Waals surface area (Å²) in [5.74, 6) is 0.847. The first-order valence-corrected chi connectivity index (χ1v) is 15.9. The SMILES string of the molecule is CCOC(=O)C1=C(C)N=c2s/c(=C/c3cc(Cl)ccc3OCc3ccc([N+](=O)[O-])cc3)c(=O)n2[C@@H]1c1ccc(OC(C)C)c(OC)c1. The van der Waals surface area contributed by atoms with Crippen molar-refractivity contribution in [1.29, 1.82) is 0 Å². The van der Waals surface area contributed by atoms with Gasteiger partial charge in [-0.25, -0.2) is 9.79 Å². The van der Waals surface area contributed by atoms with E-state index in [9.17, 15) is 19.7 Å². The summed E-state index contributed by atoms with van der Waals surface area (Å²) < 4.78 is 24.8. The second-order valence-corrected chi connectivity index (χ2v) is 12.2. The summed E-state index contributed by atoms with van der Waals surface area (Å²) in [5.41, 5.74) is 2.14. The summed E-state index contributed by atoms with van der Waals surface area (Å²) in [6, 6.07) is 15.5. The highest BCUT2D eigenvalue weighted by Crippen LogP contribution is 2.36. The minimum atomic E-state index is -0.855. The molecule has 47 heavy (non-hydrogen) atoms. The van der Waals surface area contributed by atoms with E-state index < -0.39 is 16.9 Å². The van der Waals surface area contributed by atoms with Crippen LogP contribution in [0.25, 0.3) is 6.08 Å². The number of non-ortho nitro benzene ring substituents is 1. The number of aromatic nitrogens is 1. The van der Waals surface area contributed by atoms with Crippen LogP contribution in [0.4, 0.5) is 5.69 Å². The van der Waals surface area contributed by atoms with Crippen molar-refractivity contribution in [3.8, 4) is 17.2 Å². The third-order valence-electron chi connectivity index (χ3n) is 7.18. The first-order valence-electron chi connectivity index (χ1n) is 14.7. The highest BCUT2D eigenvalue weighted by atomic mass is 35.5. The van der Waals surface area contributed by atoms with E-state index >= 15 is 0 Å². The molecule has 0 spiro atoms. The Labute approximate surface area is 279 Å². The monoisotopic (exact) mass is 677 g/mol. The summed E-state index contributed by atoms with van der Waals surface area (Å²) in [4.78, 5) is 43.1. The van der Waals surface area contributed by atoms with Crippen LogP contribution in [-0.2, 0) is 16.1 Å². The third-order valence-corrected chi connectivity index (χ3v) is 8.40. The van der Waals surface area contributed by atoms with E-state index in [-0.39, 0.29) is 36.1 Å². The first-order chi connectivity index (χ1) is 22.5. The number of fused-ring (bicyclic) bond motifs is 1. The maximum Gasteiger partial charge on any atom is 0.338 e. The third kappa shape index (κ3) is 7.23. The van der Waals surface area contributed by atoms with Crippen molar-refractivity contribution in [1.82, 2.24) is 4.57 Å². The van der Waals surface area contributed by atoms with Crippen molar-refractivity contribution in [2.24, 2.45) is 4.99 Å². The second-order valence-electron chi connectivity index (χ2n) is 10.8. The lowest BCUT2D eigenvalue weighted by molar-refractivity contribution is -0.384. The van der Waals surface area contributed by atoms with Gasteiger partial charge in [-0.15, -0.1) is 0 Å². The molecule has 5 rings (SSSR count). The summed E-state index contributed by atoms with van der Waals surface area (Å²) in [6.45, 7) is 7.51. The zero-order chi connectivity index (χ0) is 33.8. The average Bonchev–Trinajstić information content (AvgIpc) is 3.33. The number of halogens is 1.